The number of thiazole rings is 1. The number of hydrogen-bond donors (Lipinski definition) is 3. The van der Waals surface area contributed by atoms with Crippen molar-refractivity contribution in [2.24, 2.45) is 5.73 Å². The van der Waals surface area contributed by atoms with Gasteiger partial charge in [0.2, 0.25) is 5.91 Å². The number of nitrogens with zero attached hydrogens (tertiary/aromatic N) is 1. The van der Waals surface area contributed by atoms with Crippen LogP contribution in [0.15, 0.2) is 16.8 Å². The SMILES string of the molecule is CC(=O)Nc1nc(C(=O)OC(C)C(=O)Nc2sccc2C(N)=O)cs1. The summed E-state index contributed by atoms with van der Waals surface area (Å²) >= 11 is 2.18. The monoisotopic (exact) mass is 382 g/mol. The van der Waals surface area contributed by atoms with Crippen LogP contribution < -0.4 is 16.4 Å². The second-order valence-electron chi connectivity index (χ2n) is 4.78. The lowest BCUT2D eigenvalue weighted by molar-refractivity contribution is -0.123. The third-order valence-corrected chi connectivity index (χ3v) is 4.40. The highest BCUT2D eigenvalue weighted by Gasteiger charge is 2.22. The van der Waals surface area contributed by atoms with Crippen molar-refractivity contribution in [2.45, 2.75) is 20.0 Å². The lowest BCUT2D eigenvalue weighted by Gasteiger charge is -2.12. The van der Waals surface area contributed by atoms with Crippen molar-refractivity contribution in [2.75, 3.05) is 10.6 Å². The zero-order valence-electron chi connectivity index (χ0n) is 13.2. The highest BCUT2D eigenvalue weighted by molar-refractivity contribution is 7.14. The quantitative estimate of drug-likeness (QED) is 0.646. The van der Waals surface area contributed by atoms with Gasteiger partial charge in [-0.25, -0.2) is 9.78 Å². The van der Waals surface area contributed by atoms with Crippen molar-refractivity contribution in [3.8, 4) is 0 Å². The van der Waals surface area contributed by atoms with E-state index in [4.69, 9.17) is 10.5 Å². The molecular formula is C14H14N4O5S2. The largest absolute Gasteiger partial charge is 0.448 e. The van der Waals surface area contributed by atoms with Gasteiger partial charge >= 0.3 is 5.97 Å². The van der Waals surface area contributed by atoms with Gasteiger partial charge in [0.25, 0.3) is 11.8 Å². The standard InChI is InChI=1S/C14H14N4O5S2/c1-6(11(21)18-12-8(10(15)20)3-4-24-12)23-13(22)9-5-25-14(17-9)16-7(2)19/h3-6H,1-2H3,(H2,15,20)(H,18,21)(H,16,17,19). The summed E-state index contributed by atoms with van der Waals surface area (Å²) in [5, 5.41) is 8.47. The van der Waals surface area contributed by atoms with Crippen LogP contribution in [0, 0.1) is 0 Å². The molecule has 3 amide bonds. The minimum atomic E-state index is -1.12. The average molecular weight is 382 g/mol. The highest BCUT2D eigenvalue weighted by atomic mass is 32.1. The number of esters is 1. The number of anilines is 2. The molecular weight excluding hydrogens is 368 g/mol. The van der Waals surface area contributed by atoms with Crippen molar-refractivity contribution in [3.63, 3.8) is 0 Å². The molecule has 1 unspecified atom stereocenters. The van der Waals surface area contributed by atoms with Gasteiger partial charge < -0.3 is 21.1 Å². The molecule has 0 radical (unpaired) electrons. The van der Waals surface area contributed by atoms with Crippen LogP contribution in [-0.2, 0) is 14.3 Å². The number of hydrogen-bond acceptors (Lipinski definition) is 8. The molecule has 0 aliphatic heterocycles. The summed E-state index contributed by atoms with van der Waals surface area (Å²) in [6.45, 7) is 2.70. The van der Waals surface area contributed by atoms with Crippen molar-refractivity contribution >= 4 is 56.5 Å². The van der Waals surface area contributed by atoms with Crippen molar-refractivity contribution < 1.29 is 23.9 Å². The van der Waals surface area contributed by atoms with Gasteiger partial charge in [0.05, 0.1) is 5.56 Å². The number of carbonyl (C=O) groups excluding carboxylic acids is 4. The second kappa shape index (κ2) is 7.85. The number of thiophene rings is 1. The maximum absolute atomic E-state index is 12.1. The first kappa shape index (κ1) is 18.5. The van der Waals surface area contributed by atoms with Gasteiger partial charge in [-0.2, -0.15) is 0 Å². The fraction of sp³-hybridized carbons (Fsp3) is 0.214. The zero-order chi connectivity index (χ0) is 18.6. The smallest absolute Gasteiger partial charge is 0.358 e. The summed E-state index contributed by atoms with van der Waals surface area (Å²) in [6.07, 6.45) is -1.12. The summed E-state index contributed by atoms with van der Waals surface area (Å²) in [6, 6.07) is 1.48. The number of aromatic nitrogens is 1. The van der Waals surface area contributed by atoms with E-state index in [1.54, 1.807) is 5.38 Å². The molecule has 0 saturated heterocycles. The number of rotatable bonds is 6. The summed E-state index contributed by atoms with van der Waals surface area (Å²) in [4.78, 5) is 50.2. The van der Waals surface area contributed by atoms with Gasteiger partial charge in [0.15, 0.2) is 16.9 Å². The summed E-state index contributed by atoms with van der Waals surface area (Å²) in [7, 11) is 0. The van der Waals surface area contributed by atoms with Crippen LogP contribution in [0.5, 0.6) is 0 Å². The number of amides is 3. The molecule has 0 saturated carbocycles. The predicted octanol–water partition coefficient (Wildman–Crippen LogP) is 1.45. The normalized spacial score (nSPS) is 11.4. The second-order valence-corrected chi connectivity index (χ2v) is 6.56. The summed E-state index contributed by atoms with van der Waals surface area (Å²) in [5.41, 5.74) is 5.35. The molecule has 2 aromatic heterocycles. The van der Waals surface area contributed by atoms with Gasteiger partial charge in [-0.1, -0.05) is 0 Å². The summed E-state index contributed by atoms with van der Waals surface area (Å²) < 4.78 is 5.03. The van der Waals surface area contributed by atoms with E-state index in [0.717, 1.165) is 22.7 Å². The van der Waals surface area contributed by atoms with E-state index in [-0.39, 0.29) is 27.3 Å². The molecule has 0 aliphatic carbocycles. The highest BCUT2D eigenvalue weighted by Crippen LogP contribution is 2.23. The third kappa shape index (κ3) is 4.84. The maximum atomic E-state index is 12.1. The minimum absolute atomic E-state index is 0.0256. The Balaban J connectivity index is 1.97. The Morgan fingerprint density at radius 3 is 2.60 bits per heavy atom. The molecule has 1 atom stereocenters. The molecule has 0 aliphatic rings. The van der Waals surface area contributed by atoms with Crippen LogP contribution in [0.2, 0.25) is 0 Å². The third-order valence-electron chi connectivity index (χ3n) is 2.82. The van der Waals surface area contributed by atoms with Crippen molar-refractivity contribution in [3.05, 3.63) is 28.1 Å². The Hall–Kier alpha value is -2.79. The van der Waals surface area contributed by atoms with Gasteiger partial charge in [-0.15, -0.1) is 22.7 Å². The Bertz CT molecular complexity index is 829. The Kier molecular flexibility index (Phi) is 5.83. The molecule has 2 rings (SSSR count). The van der Waals surface area contributed by atoms with Crippen LogP contribution in [0.3, 0.4) is 0 Å². The molecule has 2 aromatic rings. The van der Waals surface area contributed by atoms with E-state index in [1.807, 2.05) is 0 Å². The predicted molar refractivity (Wildman–Crippen MR) is 92.8 cm³/mol. The minimum Gasteiger partial charge on any atom is -0.448 e. The van der Waals surface area contributed by atoms with E-state index < -0.39 is 23.9 Å². The molecule has 0 fully saturated rings. The zero-order valence-corrected chi connectivity index (χ0v) is 14.8. The lowest BCUT2D eigenvalue weighted by Crippen LogP contribution is -2.30. The fourth-order valence-electron chi connectivity index (χ4n) is 1.66. The first-order chi connectivity index (χ1) is 11.8. The maximum Gasteiger partial charge on any atom is 0.358 e. The number of primary amides is 1. The summed E-state index contributed by atoms with van der Waals surface area (Å²) in [5.74, 6) is -2.41. The van der Waals surface area contributed by atoms with Crippen molar-refractivity contribution in [1.82, 2.24) is 4.98 Å². The topological polar surface area (TPSA) is 140 Å². The van der Waals surface area contributed by atoms with Gasteiger partial charge in [0.1, 0.15) is 5.00 Å². The molecule has 4 N–H and O–H groups in total. The first-order valence-electron chi connectivity index (χ1n) is 6.90. The molecule has 2 heterocycles. The van der Waals surface area contributed by atoms with Crippen LogP contribution in [0.25, 0.3) is 0 Å². The molecule has 25 heavy (non-hydrogen) atoms. The van der Waals surface area contributed by atoms with Gasteiger partial charge in [-0.3, -0.25) is 14.4 Å². The number of ether oxygens (including phenoxy) is 1. The Labute approximate surface area is 150 Å². The molecule has 0 bridgehead atoms. The molecule has 9 nitrogen and oxygen atoms in total. The van der Waals surface area contributed by atoms with E-state index in [9.17, 15) is 19.2 Å². The van der Waals surface area contributed by atoms with Crippen LogP contribution >= 0.6 is 22.7 Å². The first-order valence-corrected chi connectivity index (χ1v) is 8.66. The fourth-order valence-corrected chi connectivity index (χ4v) is 3.18. The number of carbonyl (C=O) groups is 4. The van der Waals surface area contributed by atoms with E-state index in [0.29, 0.717) is 0 Å². The molecule has 132 valence electrons. The van der Waals surface area contributed by atoms with Gasteiger partial charge in [-0.05, 0) is 18.4 Å². The van der Waals surface area contributed by atoms with Crippen LogP contribution in [-0.4, -0.2) is 34.8 Å². The molecule has 0 spiro atoms. The number of nitrogens with one attached hydrogen (secondary N) is 2. The van der Waals surface area contributed by atoms with Gasteiger partial charge in [0, 0.05) is 12.3 Å². The van der Waals surface area contributed by atoms with Crippen LogP contribution in [0.4, 0.5) is 10.1 Å². The average Bonchev–Trinajstić information content (AvgIpc) is 3.15. The number of nitrogens with two attached hydrogens (primary N) is 1. The Morgan fingerprint density at radius 2 is 1.96 bits per heavy atom. The van der Waals surface area contributed by atoms with E-state index in [2.05, 4.69) is 15.6 Å². The molecule has 11 heteroatoms. The Morgan fingerprint density at radius 1 is 1.24 bits per heavy atom. The van der Waals surface area contributed by atoms with E-state index >= 15 is 0 Å². The molecule has 0 aromatic carbocycles. The van der Waals surface area contributed by atoms with E-state index in [1.165, 1.54) is 25.3 Å². The van der Waals surface area contributed by atoms with Crippen molar-refractivity contribution in [1.29, 1.82) is 0 Å². The lowest BCUT2D eigenvalue weighted by atomic mass is 10.3. The van der Waals surface area contributed by atoms with Crippen LogP contribution in [0.1, 0.15) is 34.7 Å².